The fourth-order valence-electron chi connectivity index (χ4n) is 4.69. The molecule has 0 radical (unpaired) electrons. The Morgan fingerprint density at radius 3 is 2.40 bits per heavy atom. The van der Waals surface area contributed by atoms with Crippen molar-refractivity contribution in [3.63, 3.8) is 0 Å². The van der Waals surface area contributed by atoms with E-state index in [4.69, 9.17) is 5.73 Å². The third-order valence-electron chi connectivity index (χ3n) is 6.74. The number of amides is 1. The van der Waals surface area contributed by atoms with Gasteiger partial charge in [-0.2, -0.15) is 0 Å². The molecule has 1 aromatic rings. The van der Waals surface area contributed by atoms with Crippen LogP contribution in [0.1, 0.15) is 71.1 Å². The molecule has 0 aromatic carbocycles. The van der Waals surface area contributed by atoms with Crippen LogP contribution in [0, 0.1) is 5.92 Å². The van der Waals surface area contributed by atoms with Crippen LogP contribution in [-0.4, -0.2) is 45.5 Å². The van der Waals surface area contributed by atoms with E-state index in [1.807, 2.05) is 6.92 Å². The van der Waals surface area contributed by atoms with Crippen LogP contribution in [0.4, 0.5) is 11.5 Å². The summed E-state index contributed by atoms with van der Waals surface area (Å²) in [4.78, 5) is 45.1. The second-order valence-electron chi connectivity index (χ2n) is 9.30. The van der Waals surface area contributed by atoms with Crippen LogP contribution < -0.4 is 21.9 Å². The summed E-state index contributed by atoms with van der Waals surface area (Å²) in [7, 11) is 0. The highest BCUT2D eigenvalue weighted by molar-refractivity contribution is 5.97. The normalized spacial score (nSPS) is 19.5. The van der Waals surface area contributed by atoms with E-state index in [0.717, 1.165) is 57.9 Å². The van der Waals surface area contributed by atoms with Gasteiger partial charge in [-0.1, -0.05) is 26.2 Å². The van der Waals surface area contributed by atoms with Crippen molar-refractivity contribution in [1.29, 1.82) is 0 Å². The van der Waals surface area contributed by atoms with E-state index in [0.29, 0.717) is 25.0 Å². The standard InChI is InChI=1S/C22H35N5O3/c1-2-3-12-26-20(23)19(21(29)24-22(26)30)27(17-6-4-5-7-17)18(28)14-25(16-10-11-16)13-15-8-9-15/h15-17H,2-14,23H2,1H3,(H,24,29,30). The second kappa shape index (κ2) is 8.96. The summed E-state index contributed by atoms with van der Waals surface area (Å²) >= 11 is 0. The predicted molar refractivity (Wildman–Crippen MR) is 118 cm³/mol. The van der Waals surface area contributed by atoms with Gasteiger partial charge in [-0.25, -0.2) is 4.79 Å². The van der Waals surface area contributed by atoms with Gasteiger partial charge in [0, 0.05) is 25.2 Å². The molecule has 3 aliphatic rings. The highest BCUT2D eigenvalue weighted by atomic mass is 16.2. The third-order valence-corrected chi connectivity index (χ3v) is 6.74. The molecule has 1 aromatic heterocycles. The lowest BCUT2D eigenvalue weighted by molar-refractivity contribution is -0.120. The van der Waals surface area contributed by atoms with Crippen molar-refractivity contribution in [2.45, 2.75) is 89.8 Å². The summed E-state index contributed by atoms with van der Waals surface area (Å²) < 4.78 is 1.42. The first-order chi connectivity index (χ1) is 14.5. The molecule has 8 nitrogen and oxygen atoms in total. The van der Waals surface area contributed by atoms with Crippen LogP contribution in [0.2, 0.25) is 0 Å². The second-order valence-corrected chi connectivity index (χ2v) is 9.30. The average molecular weight is 418 g/mol. The van der Waals surface area contributed by atoms with Crippen molar-refractivity contribution in [3.8, 4) is 0 Å². The van der Waals surface area contributed by atoms with Gasteiger partial charge in [0.2, 0.25) is 5.91 Å². The van der Waals surface area contributed by atoms with Gasteiger partial charge in [-0.3, -0.25) is 24.0 Å². The Hall–Kier alpha value is -2.09. The fraction of sp³-hybridized carbons (Fsp3) is 0.773. The first kappa shape index (κ1) is 21.2. The maximum atomic E-state index is 13.6. The van der Waals surface area contributed by atoms with Crippen LogP contribution in [-0.2, 0) is 11.3 Å². The first-order valence-corrected chi connectivity index (χ1v) is 11.7. The van der Waals surface area contributed by atoms with Crippen LogP contribution in [0.15, 0.2) is 9.59 Å². The van der Waals surface area contributed by atoms with Crippen molar-refractivity contribution >= 4 is 17.4 Å². The molecule has 30 heavy (non-hydrogen) atoms. The van der Waals surface area contributed by atoms with Crippen LogP contribution >= 0.6 is 0 Å². The lowest BCUT2D eigenvalue weighted by atomic mass is 10.1. The number of anilines is 2. The molecule has 3 fully saturated rings. The SMILES string of the molecule is CCCCn1c(N)c(N(C(=O)CN(CC2CC2)C2CC2)C2CCCC2)c(=O)[nH]c1=O. The third kappa shape index (κ3) is 4.63. The molecule has 1 amide bonds. The topological polar surface area (TPSA) is 104 Å². The molecule has 0 atom stereocenters. The van der Waals surface area contributed by atoms with Gasteiger partial charge < -0.3 is 10.6 Å². The molecule has 0 saturated heterocycles. The number of carbonyl (C=O) groups excluding carboxylic acids is 1. The molecule has 8 heteroatoms. The van der Waals surface area contributed by atoms with E-state index in [1.54, 1.807) is 4.90 Å². The van der Waals surface area contributed by atoms with Gasteiger partial charge in [0.15, 0.2) is 5.69 Å². The largest absolute Gasteiger partial charge is 0.383 e. The number of aromatic amines is 1. The zero-order valence-electron chi connectivity index (χ0n) is 18.1. The number of hydrogen-bond acceptors (Lipinski definition) is 5. The van der Waals surface area contributed by atoms with Crippen LogP contribution in [0.3, 0.4) is 0 Å². The monoisotopic (exact) mass is 417 g/mol. The number of H-pyrrole nitrogens is 1. The molecule has 3 N–H and O–H groups in total. The average Bonchev–Trinajstić information content (AvgIpc) is 3.64. The van der Waals surface area contributed by atoms with Crippen LogP contribution in [0.5, 0.6) is 0 Å². The Morgan fingerprint density at radius 1 is 1.10 bits per heavy atom. The Kier molecular flexibility index (Phi) is 6.32. The van der Waals surface area contributed by atoms with Gasteiger partial charge in [0.1, 0.15) is 5.82 Å². The van der Waals surface area contributed by atoms with Crippen molar-refractivity contribution in [2.75, 3.05) is 23.7 Å². The van der Waals surface area contributed by atoms with Gasteiger partial charge in [0.05, 0.1) is 6.54 Å². The molecule has 4 rings (SSSR count). The molecule has 166 valence electrons. The predicted octanol–water partition coefficient (Wildman–Crippen LogP) is 2.07. The summed E-state index contributed by atoms with van der Waals surface area (Å²) in [5.41, 5.74) is 5.48. The van der Waals surface area contributed by atoms with E-state index >= 15 is 0 Å². The molecule has 1 heterocycles. The number of unbranched alkanes of at least 4 members (excludes halogenated alkanes) is 1. The number of aromatic nitrogens is 2. The van der Waals surface area contributed by atoms with Gasteiger partial charge in [-0.05, 0) is 50.9 Å². The number of hydrogen-bond donors (Lipinski definition) is 2. The van der Waals surface area contributed by atoms with Gasteiger partial charge in [-0.15, -0.1) is 0 Å². The minimum absolute atomic E-state index is 0.0278. The highest BCUT2D eigenvalue weighted by Gasteiger charge is 2.38. The maximum absolute atomic E-state index is 13.6. The number of nitrogens with zero attached hydrogens (tertiary/aromatic N) is 3. The molecular weight excluding hydrogens is 382 g/mol. The Bertz CT molecular complexity index is 878. The Morgan fingerprint density at radius 2 is 1.80 bits per heavy atom. The van der Waals surface area contributed by atoms with E-state index in [1.165, 1.54) is 17.4 Å². The lowest BCUT2D eigenvalue weighted by Crippen LogP contribution is -2.49. The zero-order valence-corrected chi connectivity index (χ0v) is 18.1. The summed E-state index contributed by atoms with van der Waals surface area (Å²) in [6.07, 6.45) is 10.3. The molecule has 3 saturated carbocycles. The first-order valence-electron chi connectivity index (χ1n) is 11.7. The van der Waals surface area contributed by atoms with Crippen molar-refractivity contribution in [3.05, 3.63) is 20.8 Å². The molecule has 0 unspecified atom stereocenters. The van der Waals surface area contributed by atoms with E-state index < -0.39 is 11.2 Å². The quantitative estimate of drug-likeness (QED) is 0.606. The number of nitrogens with two attached hydrogens (primary N) is 1. The molecule has 0 spiro atoms. The number of nitrogens with one attached hydrogen (secondary N) is 1. The number of rotatable bonds is 10. The smallest absolute Gasteiger partial charge is 0.330 e. The van der Waals surface area contributed by atoms with Crippen molar-refractivity contribution in [1.82, 2.24) is 14.5 Å². The molecular formula is C22H35N5O3. The van der Waals surface area contributed by atoms with Crippen molar-refractivity contribution < 1.29 is 4.79 Å². The summed E-state index contributed by atoms with van der Waals surface area (Å²) in [6, 6.07) is 0.467. The van der Waals surface area contributed by atoms with Crippen molar-refractivity contribution in [2.24, 2.45) is 5.92 Å². The molecule has 0 bridgehead atoms. The number of carbonyl (C=O) groups is 1. The van der Waals surface area contributed by atoms with Crippen LogP contribution in [0.25, 0.3) is 0 Å². The van der Waals surface area contributed by atoms with E-state index in [9.17, 15) is 14.4 Å². The minimum Gasteiger partial charge on any atom is -0.383 e. The van der Waals surface area contributed by atoms with E-state index in [-0.39, 0.29) is 23.5 Å². The minimum atomic E-state index is -0.550. The summed E-state index contributed by atoms with van der Waals surface area (Å²) in [6.45, 7) is 3.77. The van der Waals surface area contributed by atoms with Gasteiger partial charge in [0.25, 0.3) is 5.56 Å². The highest BCUT2D eigenvalue weighted by Crippen LogP contribution is 2.35. The Balaban J connectivity index is 1.66. The van der Waals surface area contributed by atoms with E-state index in [2.05, 4.69) is 9.88 Å². The molecule has 3 aliphatic carbocycles. The molecule has 0 aliphatic heterocycles. The summed E-state index contributed by atoms with van der Waals surface area (Å²) in [5.74, 6) is 0.771. The Labute approximate surface area is 177 Å². The lowest BCUT2D eigenvalue weighted by Gasteiger charge is -2.32. The summed E-state index contributed by atoms with van der Waals surface area (Å²) in [5, 5.41) is 0. The zero-order chi connectivity index (χ0) is 21.3. The number of nitrogen functional groups attached to an aromatic ring is 1. The fourth-order valence-corrected chi connectivity index (χ4v) is 4.69. The van der Waals surface area contributed by atoms with Gasteiger partial charge >= 0.3 is 5.69 Å². The maximum Gasteiger partial charge on any atom is 0.330 e.